The summed E-state index contributed by atoms with van der Waals surface area (Å²) in [5.74, 6) is -3.15. The molecule has 0 bridgehead atoms. The Morgan fingerprint density at radius 3 is 2.44 bits per heavy atom. The number of hydrogen-bond acceptors (Lipinski definition) is 4. The van der Waals surface area contributed by atoms with Crippen molar-refractivity contribution in [2.45, 2.75) is 43.8 Å². The standard InChI is InChI=1S/C28H24ClF4N3O3/c29-16-12-18(23(25(32)33)34-13-16)26(37)35-17-10-8-15(9-11-17)14-36-24-20(5-3-7-22(24)31)28(39,27(36)38)19-4-1-2-6-21(19)30/h1-7,12-13,15,17,25,39H,8-11,14H2,(H,35,37). The van der Waals surface area contributed by atoms with E-state index in [0.29, 0.717) is 25.7 Å². The number of pyridine rings is 1. The van der Waals surface area contributed by atoms with Crippen LogP contribution in [0.2, 0.25) is 5.02 Å². The van der Waals surface area contributed by atoms with Crippen molar-refractivity contribution in [1.82, 2.24) is 10.3 Å². The number of carbonyl (C=O) groups is 2. The number of alkyl halides is 2. The lowest BCUT2D eigenvalue weighted by atomic mass is 9.85. The molecule has 1 aliphatic carbocycles. The van der Waals surface area contributed by atoms with Gasteiger partial charge in [-0.25, -0.2) is 17.6 Å². The highest BCUT2D eigenvalue weighted by Crippen LogP contribution is 2.47. The Balaban J connectivity index is 1.30. The molecule has 5 rings (SSSR count). The lowest BCUT2D eigenvalue weighted by Gasteiger charge is -2.32. The number of rotatable bonds is 6. The summed E-state index contributed by atoms with van der Waals surface area (Å²) >= 11 is 5.85. The van der Waals surface area contributed by atoms with Gasteiger partial charge in [0, 0.05) is 29.9 Å². The third-order valence-electron chi connectivity index (χ3n) is 7.42. The van der Waals surface area contributed by atoms with Gasteiger partial charge in [0.1, 0.15) is 17.3 Å². The maximum Gasteiger partial charge on any atom is 0.281 e. The van der Waals surface area contributed by atoms with Crippen molar-refractivity contribution in [1.29, 1.82) is 0 Å². The minimum atomic E-state index is -2.94. The maximum atomic E-state index is 15.0. The van der Waals surface area contributed by atoms with E-state index in [0.717, 1.165) is 18.3 Å². The number of hydrogen-bond donors (Lipinski definition) is 2. The molecule has 1 aliphatic heterocycles. The molecule has 1 atom stereocenters. The number of amides is 2. The van der Waals surface area contributed by atoms with Gasteiger partial charge < -0.3 is 15.3 Å². The van der Waals surface area contributed by atoms with Crippen molar-refractivity contribution in [3.63, 3.8) is 0 Å². The summed E-state index contributed by atoms with van der Waals surface area (Å²) in [7, 11) is 0. The molecule has 2 amide bonds. The van der Waals surface area contributed by atoms with Gasteiger partial charge in [-0.15, -0.1) is 0 Å². The van der Waals surface area contributed by atoms with E-state index >= 15 is 0 Å². The van der Waals surface area contributed by atoms with Crippen LogP contribution in [0.1, 0.15) is 59.3 Å². The Hall–Kier alpha value is -3.50. The van der Waals surface area contributed by atoms with Gasteiger partial charge in [-0.3, -0.25) is 14.6 Å². The average Bonchev–Trinajstić information content (AvgIpc) is 3.13. The van der Waals surface area contributed by atoms with E-state index < -0.39 is 41.2 Å². The molecule has 1 fully saturated rings. The fourth-order valence-electron chi connectivity index (χ4n) is 5.50. The molecule has 0 saturated heterocycles. The summed E-state index contributed by atoms with van der Waals surface area (Å²) < 4.78 is 56.3. The highest BCUT2D eigenvalue weighted by atomic mass is 35.5. The molecular formula is C28H24ClF4N3O3. The number of benzene rings is 2. The number of aromatic nitrogens is 1. The van der Waals surface area contributed by atoms with Gasteiger partial charge in [0.05, 0.1) is 16.3 Å². The molecule has 1 saturated carbocycles. The normalized spacial score (nSPS) is 22.7. The van der Waals surface area contributed by atoms with Crippen LogP contribution in [-0.2, 0) is 10.4 Å². The van der Waals surface area contributed by atoms with Crippen LogP contribution in [0.4, 0.5) is 23.2 Å². The Morgan fingerprint density at radius 2 is 1.74 bits per heavy atom. The number of nitrogens with zero attached hydrogens (tertiary/aromatic N) is 2. The number of halogens is 5. The molecule has 6 nitrogen and oxygen atoms in total. The van der Waals surface area contributed by atoms with Crippen molar-refractivity contribution in [3.05, 3.63) is 93.8 Å². The predicted molar refractivity (Wildman–Crippen MR) is 136 cm³/mol. The van der Waals surface area contributed by atoms with Crippen molar-refractivity contribution < 1.29 is 32.3 Å². The van der Waals surface area contributed by atoms with Crippen molar-refractivity contribution in [3.8, 4) is 0 Å². The van der Waals surface area contributed by atoms with Crippen LogP contribution in [-0.4, -0.2) is 34.5 Å². The third kappa shape index (κ3) is 4.87. The molecule has 2 heterocycles. The van der Waals surface area contributed by atoms with Crippen molar-refractivity contribution in [2.24, 2.45) is 5.92 Å². The van der Waals surface area contributed by atoms with Crippen LogP contribution < -0.4 is 10.2 Å². The first kappa shape index (κ1) is 27.1. The molecule has 1 aromatic heterocycles. The molecule has 39 heavy (non-hydrogen) atoms. The fourth-order valence-corrected chi connectivity index (χ4v) is 5.66. The predicted octanol–water partition coefficient (Wildman–Crippen LogP) is 5.52. The zero-order valence-corrected chi connectivity index (χ0v) is 21.3. The van der Waals surface area contributed by atoms with E-state index in [4.69, 9.17) is 11.6 Å². The molecule has 0 radical (unpaired) electrons. The Morgan fingerprint density at radius 1 is 1.08 bits per heavy atom. The molecule has 0 spiro atoms. The summed E-state index contributed by atoms with van der Waals surface area (Å²) in [5.41, 5.74) is -3.68. The Bertz CT molecular complexity index is 1430. The zero-order chi connectivity index (χ0) is 27.9. The highest BCUT2D eigenvalue weighted by Gasteiger charge is 2.53. The number of nitrogens with one attached hydrogen (secondary N) is 1. The number of fused-ring (bicyclic) bond motifs is 1. The molecule has 204 valence electrons. The maximum absolute atomic E-state index is 15.0. The monoisotopic (exact) mass is 561 g/mol. The van der Waals surface area contributed by atoms with E-state index in [1.54, 1.807) is 0 Å². The van der Waals surface area contributed by atoms with E-state index in [1.165, 1.54) is 41.3 Å². The first-order chi connectivity index (χ1) is 18.6. The lowest BCUT2D eigenvalue weighted by molar-refractivity contribution is -0.132. The largest absolute Gasteiger partial charge is 0.372 e. The van der Waals surface area contributed by atoms with Gasteiger partial charge in [0.25, 0.3) is 18.2 Å². The SMILES string of the molecule is O=C(NC1CCC(CN2C(=O)C(O)(c3ccccc3F)c3cccc(F)c32)CC1)c1cc(Cl)cnc1C(F)F. The van der Waals surface area contributed by atoms with Crippen LogP contribution in [0.15, 0.2) is 54.7 Å². The summed E-state index contributed by atoms with van der Waals surface area (Å²) in [4.78, 5) is 31.0. The molecule has 2 aliphatic rings. The molecule has 1 unspecified atom stereocenters. The number of carbonyl (C=O) groups excluding carboxylic acids is 2. The number of aliphatic hydroxyl groups is 1. The van der Waals surface area contributed by atoms with Gasteiger partial charge >= 0.3 is 0 Å². The second kappa shape index (κ2) is 10.6. The van der Waals surface area contributed by atoms with Crippen LogP contribution in [0.25, 0.3) is 0 Å². The van der Waals surface area contributed by atoms with Gasteiger partial charge in [0.15, 0.2) is 5.60 Å². The minimum Gasteiger partial charge on any atom is -0.372 e. The molecule has 3 aromatic rings. The minimum absolute atomic E-state index is 0.0245. The van der Waals surface area contributed by atoms with Gasteiger partial charge in [-0.05, 0) is 49.8 Å². The van der Waals surface area contributed by atoms with Crippen LogP contribution >= 0.6 is 11.6 Å². The number of anilines is 1. The van der Waals surface area contributed by atoms with Gasteiger partial charge in [-0.1, -0.05) is 41.9 Å². The van der Waals surface area contributed by atoms with Crippen molar-refractivity contribution >= 4 is 29.1 Å². The first-order valence-electron chi connectivity index (χ1n) is 12.4. The van der Waals surface area contributed by atoms with E-state index in [-0.39, 0.29) is 45.9 Å². The van der Waals surface area contributed by atoms with Gasteiger partial charge in [-0.2, -0.15) is 0 Å². The van der Waals surface area contributed by atoms with E-state index in [1.807, 2.05) is 0 Å². The molecule has 2 aromatic carbocycles. The first-order valence-corrected chi connectivity index (χ1v) is 12.8. The fraction of sp³-hybridized carbons (Fsp3) is 0.321. The summed E-state index contributed by atoms with van der Waals surface area (Å²) in [6, 6.07) is 10.1. The second-order valence-corrected chi connectivity index (χ2v) is 10.3. The molecular weight excluding hydrogens is 538 g/mol. The average molecular weight is 562 g/mol. The molecule has 2 N–H and O–H groups in total. The topological polar surface area (TPSA) is 82.5 Å². The van der Waals surface area contributed by atoms with Crippen LogP contribution in [0, 0.1) is 17.6 Å². The highest BCUT2D eigenvalue weighted by molar-refractivity contribution is 6.30. The van der Waals surface area contributed by atoms with E-state index in [9.17, 15) is 32.3 Å². The smallest absolute Gasteiger partial charge is 0.281 e. The second-order valence-electron chi connectivity index (χ2n) is 9.82. The summed E-state index contributed by atoms with van der Waals surface area (Å²) in [6.07, 6.45) is 0.149. The lowest BCUT2D eigenvalue weighted by Crippen LogP contribution is -2.45. The quantitative estimate of drug-likeness (QED) is 0.388. The van der Waals surface area contributed by atoms with Crippen molar-refractivity contribution in [2.75, 3.05) is 11.4 Å². The summed E-state index contributed by atoms with van der Waals surface area (Å²) in [5, 5.41) is 14.3. The third-order valence-corrected chi connectivity index (χ3v) is 7.63. The Labute approximate surface area is 226 Å². The van der Waals surface area contributed by atoms with E-state index in [2.05, 4.69) is 10.3 Å². The van der Waals surface area contributed by atoms with Crippen LogP contribution in [0.5, 0.6) is 0 Å². The van der Waals surface area contributed by atoms with Crippen LogP contribution in [0.3, 0.4) is 0 Å². The number of para-hydroxylation sites is 1. The summed E-state index contributed by atoms with van der Waals surface area (Å²) in [6.45, 7) is 0.0813. The zero-order valence-electron chi connectivity index (χ0n) is 20.5. The Kier molecular flexibility index (Phi) is 7.35. The van der Waals surface area contributed by atoms with Gasteiger partial charge in [0.2, 0.25) is 0 Å². The molecule has 11 heteroatoms.